The Hall–Kier alpha value is -5.69. The quantitative estimate of drug-likeness (QED) is 0.0410. The molecule has 0 amide bonds. The Morgan fingerprint density at radius 2 is 1.07 bits per heavy atom. The van der Waals surface area contributed by atoms with Crippen molar-refractivity contribution in [2.75, 3.05) is 24.6 Å². The van der Waals surface area contributed by atoms with E-state index in [0.717, 1.165) is 61.0 Å². The number of hydrogen-bond acceptors (Lipinski definition) is 7. The number of carbonyl (C=O) groups is 1. The van der Waals surface area contributed by atoms with Crippen LogP contribution in [0.2, 0.25) is 0 Å². The third kappa shape index (κ3) is 11.9. The highest BCUT2D eigenvalue weighted by Gasteiger charge is 2.22. The maximum absolute atomic E-state index is 11.1. The molecule has 0 unspecified atom stereocenters. The molecule has 0 atom stereocenters. The van der Waals surface area contributed by atoms with Gasteiger partial charge in [0.15, 0.2) is 0 Å². The number of benzene rings is 5. The van der Waals surface area contributed by atoms with Gasteiger partial charge in [0.1, 0.15) is 0 Å². The monoisotopic (exact) mass is 757 g/mol. The summed E-state index contributed by atoms with van der Waals surface area (Å²) in [6.07, 6.45) is 15.8. The van der Waals surface area contributed by atoms with Gasteiger partial charge in [-0.1, -0.05) is 92.9 Å². The van der Waals surface area contributed by atoms with Gasteiger partial charge in [0.25, 0.3) is 0 Å². The van der Waals surface area contributed by atoms with E-state index in [4.69, 9.17) is 4.74 Å². The molecule has 1 saturated heterocycles. The molecule has 57 heavy (non-hydrogen) atoms. The molecule has 292 valence electrons. The van der Waals surface area contributed by atoms with Crippen molar-refractivity contribution in [3.63, 3.8) is 0 Å². The van der Waals surface area contributed by atoms with Gasteiger partial charge in [-0.05, 0) is 152 Å². The molecule has 7 heteroatoms. The van der Waals surface area contributed by atoms with E-state index in [1.807, 2.05) is 48.5 Å². The number of azo groups is 2. The van der Waals surface area contributed by atoms with Gasteiger partial charge in [-0.3, -0.25) is 0 Å². The van der Waals surface area contributed by atoms with Gasteiger partial charge in [0.05, 0.1) is 29.4 Å². The first-order valence-electron chi connectivity index (χ1n) is 20.9. The van der Waals surface area contributed by atoms with E-state index in [1.165, 1.54) is 97.4 Å². The molecule has 2 aliphatic rings. The lowest BCUT2D eigenvalue weighted by Gasteiger charge is -2.29. The largest absolute Gasteiger partial charge is 0.463 e. The highest BCUT2D eigenvalue weighted by molar-refractivity contribution is 5.81. The highest BCUT2D eigenvalue weighted by Crippen LogP contribution is 2.38. The highest BCUT2D eigenvalue weighted by atomic mass is 16.5. The fourth-order valence-electron chi connectivity index (χ4n) is 8.11. The minimum atomic E-state index is -0.319. The first kappa shape index (κ1) is 39.5. The molecule has 7 nitrogen and oxygen atoms in total. The Morgan fingerprint density at radius 1 is 0.596 bits per heavy atom. The molecule has 5 aromatic carbocycles. The van der Waals surface area contributed by atoms with Gasteiger partial charge in [-0.2, -0.15) is 20.5 Å². The Balaban J connectivity index is 0.818. The smallest absolute Gasteiger partial charge is 0.330 e. The van der Waals surface area contributed by atoms with E-state index < -0.39 is 0 Å². The van der Waals surface area contributed by atoms with Gasteiger partial charge in [-0.25, -0.2) is 4.79 Å². The normalized spacial score (nSPS) is 17.0. The van der Waals surface area contributed by atoms with Crippen LogP contribution in [0.5, 0.6) is 0 Å². The number of rotatable bonds is 17. The molecule has 7 rings (SSSR count). The van der Waals surface area contributed by atoms with Crippen LogP contribution in [0.3, 0.4) is 0 Å². The van der Waals surface area contributed by atoms with Crippen molar-refractivity contribution in [2.24, 2.45) is 26.4 Å². The van der Waals surface area contributed by atoms with E-state index in [1.54, 1.807) is 0 Å². The molecule has 1 aliphatic carbocycles. The summed E-state index contributed by atoms with van der Waals surface area (Å²) in [4.78, 5) is 13.5. The maximum atomic E-state index is 11.1. The van der Waals surface area contributed by atoms with E-state index >= 15 is 0 Å². The molecule has 0 bridgehead atoms. The summed E-state index contributed by atoms with van der Waals surface area (Å²) < 4.78 is 5.07. The standard InChI is InChI=1S/C50H55N5O2/c1-2-50(56)57-36-8-4-3-5-9-38-10-16-41(17-11-38)43-20-22-44(23-21-43)42-18-12-39(13-19-42)37-40-14-24-45(25-15-40)51-52-46-26-28-47(29-27-46)53-54-48-30-32-49(33-31-48)55-34-6-7-35-55/h2,12-15,18-33,38,41H,1,3-11,16-17,34-37H2. The first-order chi connectivity index (χ1) is 28.1. The summed E-state index contributed by atoms with van der Waals surface area (Å²) in [5.41, 5.74) is 11.0. The van der Waals surface area contributed by atoms with Crippen molar-refractivity contribution in [1.82, 2.24) is 0 Å². The van der Waals surface area contributed by atoms with Crippen LogP contribution in [0.4, 0.5) is 28.4 Å². The van der Waals surface area contributed by atoms with Crippen molar-refractivity contribution in [3.8, 4) is 11.1 Å². The lowest BCUT2D eigenvalue weighted by atomic mass is 9.77. The zero-order chi connectivity index (χ0) is 39.1. The number of esters is 1. The fourth-order valence-corrected chi connectivity index (χ4v) is 8.11. The lowest BCUT2D eigenvalue weighted by molar-refractivity contribution is -0.137. The van der Waals surface area contributed by atoms with Gasteiger partial charge >= 0.3 is 5.97 Å². The van der Waals surface area contributed by atoms with Crippen LogP contribution in [0.15, 0.2) is 154 Å². The Morgan fingerprint density at radius 3 is 1.61 bits per heavy atom. The van der Waals surface area contributed by atoms with Crippen LogP contribution in [0, 0.1) is 5.92 Å². The molecular formula is C50H55N5O2. The lowest BCUT2D eigenvalue weighted by Crippen LogP contribution is -2.17. The third-order valence-corrected chi connectivity index (χ3v) is 11.5. The predicted molar refractivity (Wildman–Crippen MR) is 233 cm³/mol. The fraction of sp³-hybridized carbons (Fsp3) is 0.340. The SMILES string of the molecule is C=CC(=O)OCCCCCCC1CCC(c2ccc(-c3ccc(Cc4ccc(N=Nc5ccc(N=Nc6ccc(N7CCCC7)cc6)cc5)cc4)cc3)cc2)CC1. The molecular weight excluding hydrogens is 703 g/mol. The summed E-state index contributed by atoms with van der Waals surface area (Å²) in [5, 5.41) is 17.7. The second kappa shape index (κ2) is 20.5. The minimum absolute atomic E-state index is 0.319. The molecule has 0 N–H and O–H groups in total. The van der Waals surface area contributed by atoms with Crippen molar-refractivity contribution in [3.05, 3.63) is 151 Å². The van der Waals surface area contributed by atoms with Crippen LogP contribution in [-0.2, 0) is 16.0 Å². The number of unbranched alkanes of at least 4 members (excludes halogenated alkanes) is 3. The van der Waals surface area contributed by atoms with Crippen molar-refractivity contribution in [2.45, 2.75) is 83.0 Å². The van der Waals surface area contributed by atoms with E-state index in [2.05, 4.69) is 105 Å². The van der Waals surface area contributed by atoms with Crippen LogP contribution in [0.25, 0.3) is 11.1 Å². The zero-order valence-electron chi connectivity index (χ0n) is 33.1. The molecule has 1 saturated carbocycles. The molecule has 1 heterocycles. The van der Waals surface area contributed by atoms with Crippen molar-refractivity contribution in [1.29, 1.82) is 0 Å². The summed E-state index contributed by atoms with van der Waals surface area (Å²) in [5.74, 6) is 1.21. The predicted octanol–water partition coefficient (Wildman–Crippen LogP) is 14.3. The topological polar surface area (TPSA) is 79.0 Å². The summed E-state index contributed by atoms with van der Waals surface area (Å²) in [7, 11) is 0. The van der Waals surface area contributed by atoms with Gasteiger partial charge in [-0.15, -0.1) is 0 Å². The Kier molecular flexibility index (Phi) is 14.2. The van der Waals surface area contributed by atoms with Gasteiger partial charge < -0.3 is 9.64 Å². The minimum Gasteiger partial charge on any atom is -0.463 e. The second-order valence-corrected chi connectivity index (χ2v) is 15.6. The molecule has 0 spiro atoms. The summed E-state index contributed by atoms with van der Waals surface area (Å²) >= 11 is 0. The van der Waals surface area contributed by atoms with E-state index in [-0.39, 0.29) is 5.97 Å². The van der Waals surface area contributed by atoms with Crippen LogP contribution < -0.4 is 4.90 Å². The van der Waals surface area contributed by atoms with Gasteiger partial charge in [0.2, 0.25) is 0 Å². The molecule has 5 aromatic rings. The average Bonchev–Trinajstić information content (AvgIpc) is 3.82. The number of hydrogen-bond donors (Lipinski definition) is 0. The number of carbonyl (C=O) groups excluding carboxylic acids is 1. The molecule has 2 fully saturated rings. The Labute approximate surface area is 338 Å². The zero-order valence-corrected chi connectivity index (χ0v) is 33.1. The third-order valence-electron chi connectivity index (χ3n) is 11.5. The van der Waals surface area contributed by atoms with E-state index in [0.29, 0.717) is 12.5 Å². The number of nitrogens with zero attached hydrogens (tertiary/aromatic N) is 5. The number of ether oxygens (including phenoxy) is 1. The second-order valence-electron chi connectivity index (χ2n) is 15.6. The van der Waals surface area contributed by atoms with Crippen molar-refractivity contribution < 1.29 is 9.53 Å². The average molecular weight is 758 g/mol. The van der Waals surface area contributed by atoms with Crippen LogP contribution >= 0.6 is 0 Å². The molecule has 0 radical (unpaired) electrons. The van der Waals surface area contributed by atoms with Gasteiger partial charge in [0, 0.05) is 24.9 Å². The van der Waals surface area contributed by atoms with E-state index in [9.17, 15) is 4.79 Å². The maximum Gasteiger partial charge on any atom is 0.330 e. The number of anilines is 1. The first-order valence-corrected chi connectivity index (χ1v) is 20.9. The van der Waals surface area contributed by atoms with Crippen LogP contribution in [0.1, 0.15) is 93.2 Å². The Bertz CT molecular complexity index is 2060. The van der Waals surface area contributed by atoms with Crippen LogP contribution in [-0.4, -0.2) is 25.7 Å². The summed E-state index contributed by atoms with van der Waals surface area (Å²) in [6, 6.07) is 42.5. The van der Waals surface area contributed by atoms with Crippen molar-refractivity contribution >= 4 is 34.4 Å². The molecule has 1 aliphatic heterocycles. The molecule has 0 aromatic heterocycles. The summed E-state index contributed by atoms with van der Waals surface area (Å²) in [6.45, 7) is 6.21.